The first-order chi connectivity index (χ1) is 12.7. The Balaban J connectivity index is 3.47. The van der Waals surface area contributed by atoms with Crippen LogP contribution in [0.4, 0.5) is 0 Å². The van der Waals surface area contributed by atoms with Gasteiger partial charge >= 0.3 is 0 Å². The Bertz CT molecular complexity index is 355. The smallest absolute Gasteiger partial charge is 0.164 e. The molecule has 0 aliphatic heterocycles. The Morgan fingerprint density at radius 2 is 1.07 bits per heavy atom. The van der Waals surface area contributed by atoms with Crippen LogP contribution in [0, 0.1) is 0 Å². The molecule has 1 N–H and O–H groups in total. The number of carbonyl (C=O) groups is 1. The molecule has 0 fully saturated rings. The van der Waals surface area contributed by atoms with Gasteiger partial charge in [0, 0.05) is 6.42 Å². The lowest BCUT2D eigenvalue weighted by molar-refractivity contribution is -0.148. The highest BCUT2D eigenvalue weighted by Crippen LogP contribution is 2.19. The lowest BCUT2D eigenvalue weighted by Gasteiger charge is -2.28. The summed E-state index contributed by atoms with van der Waals surface area (Å²) in [5, 5.41) is 9.73. The fourth-order valence-electron chi connectivity index (χ4n) is 3.22. The number of aliphatic hydroxyl groups is 1. The number of ether oxygens (including phenoxy) is 1. The number of unbranched alkanes of at least 4 members (excludes halogenated alkanes) is 13. The zero-order chi connectivity index (χ0) is 20.6. The molecule has 0 aromatic carbocycles. The molecular formula is C24H48O3. The van der Waals surface area contributed by atoms with Gasteiger partial charge in [-0.2, -0.15) is 0 Å². The van der Waals surface area contributed by atoms with E-state index >= 15 is 0 Å². The third-order valence-corrected chi connectivity index (χ3v) is 5.22. The average Bonchev–Trinajstić information content (AvgIpc) is 2.59. The molecular weight excluding hydrogens is 336 g/mol. The van der Waals surface area contributed by atoms with Crippen molar-refractivity contribution in [3.8, 4) is 0 Å². The number of hydrogen-bond acceptors (Lipinski definition) is 3. The first kappa shape index (κ1) is 26.6. The highest BCUT2D eigenvalue weighted by molar-refractivity contribution is 5.86. The maximum absolute atomic E-state index is 12.3. The van der Waals surface area contributed by atoms with Gasteiger partial charge < -0.3 is 9.84 Å². The van der Waals surface area contributed by atoms with Crippen molar-refractivity contribution in [2.75, 3.05) is 6.61 Å². The van der Waals surface area contributed by atoms with Crippen LogP contribution in [0.15, 0.2) is 0 Å². The summed E-state index contributed by atoms with van der Waals surface area (Å²) in [6.07, 6.45) is 19.1. The predicted molar refractivity (Wildman–Crippen MR) is 116 cm³/mol. The van der Waals surface area contributed by atoms with Gasteiger partial charge in [-0.25, -0.2) is 0 Å². The van der Waals surface area contributed by atoms with Crippen LogP contribution in [0.3, 0.4) is 0 Å². The average molecular weight is 385 g/mol. The van der Waals surface area contributed by atoms with E-state index in [0.717, 1.165) is 12.8 Å². The van der Waals surface area contributed by atoms with Gasteiger partial charge in [-0.3, -0.25) is 4.79 Å². The second-order valence-corrected chi connectivity index (χ2v) is 9.38. The number of carbonyl (C=O) groups excluding carboxylic acids is 1. The van der Waals surface area contributed by atoms with Crippen molar-refractivity contribution in [1.82, 2.24) is 0 Å². The molecule has 0 radical (unpaired) electrons. The van der Waals surface area contributed by atoms with E-state index in [0.29, 0.717) is 6.42 Å². The van der Waals surface area contributed by atoms with Gasteiger partial charge in [-0.05, 0) is 34.1 Å². The maximum Gasteiger partial charge on any atom is 0.164 e. The second-order valence-electron chi connectivity index (χ2n) is 9.38. The number of hydrogen-bond donors (Lipinski definition) is 1. The zero-order valence-corrected chi connectivity index (χ0v) is 19.1. The van der Waals surface area contributed by atoms with Crippen LogP contribution in [-0.2, 0) is 9.53 Å². The van der Waals surface area contributed by atoms with E-state index in [1.165, 1.54) is 77.0 Å². The largest absolute Gasteiger partial charge is 0.388 e. The third kappa shape index (κ3) is 17.4. The van der Waals surface area contributed by atoms with Gasteiger partial charge in [0.25, 0.3) is 0 Å². The summed E-state index contributed by atoms with van der Waals surface area (Å²) in [7, 11) is 0. The molecule has 0 atom stereocenters. The molecule has 0 unspecified atom stereocenters. The van der Waals surface area contributed by atoms with Crippen LogP contribution in [0.2, 0.25) is 0 Å². The number of Topliss-reactive ketones (excluding diaryl/α,β-unsaturated/α-hetero) is 1. The number of ketones is 1. The lowest BCUT2D eigenvalue weighted by atomic mass is 9.97. The molecule has 3 nitrogen and oxygen atoms in total. The van der Waals surface area contributed by atoms with Crippen molar-refractivity contribution in [1.29, 1.82) is 0 Å². The van der Waals surface area contributed by atoms with Crippen LogP contribution in [-0.4, -0.2) is 28.7 Å². The first-order valence-electron chi connectivity index (χ1n) is 11.6. The predicted octanol–water partition coefficient (Wildman–Crippen LogP) is 6.99. The highest BCUT2D eigenvalue weighted by Gasteiger charge is 2.29. The van der Waals surface area contributed by atoms with Crippen LogP contribution in [0.25, 0.3) is 0 Å². The molecule has 0 aromatic heterocycles. The summed E-state index contributed by atoms with van der Waals surface area (Å²) < 4.78 is 5.63. The topological polar surface area (TPSA) is 46.5 Å². The van der Waals surface area contributed by atoms with E-state index in [1.807, 2.05) is 13.8 Å². The van der Waals surface area contributed by atoms with Crippen LogP contribution in [0.1, 0.15) is 131 Å². The van der Waals surface area contributed by atoms with Gasteiger partial charge in [0.05, 0.1) is 12.2 Å². The van der Waals surface area contributed by atoms with E-state index in [4.69, 9.17) is 4.74 Å². The number of rotatable bonds is 19. The van der Waals surface area contributed by atoms with Crippen molar-refractivity contribution < 1.29 is 14.6 Å². The molecule has 0 amide bonds. The molecule has 0 rings (SSSR count). The van der Waals surface area contributed by atoms with E-state index < -0.39 is 11.2 Å². The van der Waals surface area contributed by atoms with Gasteiger partial charge in [-0.15, -0.1) is 0 Å². The van der Waals surface area contributed by atoms with Crippen LogP contribution in [0.5, 0.6) is 0 Å². The third-order valence-electron chi connectivity index (χ3n) is 5.22. The van der Waals surface area contributed by atoms with Gasteiger partial charge in [0.2, 0.25) is 0 Å². The van der Waals surface area contributed by atoms with Gasteiger partial charge in [0.1, 0.15) is 5.60 Å². The molecule has 0 bridgehead atoms. The van der Waals surface area contributed by atoms with Crippen LogP contribution >= 0.6 is 0 Å². The van der Waals surface area contributed by atoms with Gasteiger partial charge in [-0.1, -0.05) is 90.4 Å². The molecule has 27 heavy (non-hydrogen) atoms. The molecule has 0 aromatic rings. The standard InChI is InChI=1S/C24H48O3/c1-6-7-8-9-10-11-12-13-14-15-16-17-18-19-20-22(25)24(4,5)27-21-23(2,3)26/h26H,6-21H2,1-5H3. The van der Waals surface area contributed by atoms with E-state index in [9.17, 15) is 9.90 Å². The monoisotopic (exact) mass is 384 g/mol. The lowest BCUT2D eigenvalue weighted by Crippen LogP contribution is -2.40. The van der Waals surface area contributed by atoms with E-state index in [-0.39, 0.29) is 12.4 Å². The minimum Gasteiger partial charge on any atom is -0.388 e. The molecule has 3 heteroatoms. The molecule has 162 valence electrons. The Morgan fingerprint density at radius 1 is 0.704 bits per heavy atom. The van der Waals surface area contributed by atoms with Crippen LogP contribution < -0.4 is 0 Å². The molecule has 0 saturated heterocycles. The first-order valence-corrected chi connectivity index (χ1v) is 11.6. The molecule has 0 aliphatic rings. The molecule has 0 saturated carbocycles. The molecule has 0 aliphatic carbocycles. The fourth-order valence-corrected chi connectivity index (χ4v) is 3.22. The van der Waals surface area contributed by atoms with Crippen molar-refractivity contribution in [2.45, 2.75) is 142 Å². The minimum atomic E-state index is -0.896. The quantitative estimate of drug-likeness (QED) is 0.244. The second kappa shape index (κ2) is 15.5. The van der Waals surface area contributed by atoms with Crippen molar-refractivity contribution in [2.24, 2.45) is 0 Å². The summed E-state index contributed by atoms with van der Waals surface area (Å²) in [6, 6.07) is 0. The molecule has 0 heterocycles. The Morgan fingerprint density at radius 3 is 1.44 bits per heavy atom. The summed E-state index contributed by atoms with van der Waals surface area (Å²) >= 11 is 0. The Labute approximate surface area is 169 Å². The Kier molecular flexibility index (Phi) is 15.3. The Hall–Kier alpha value is -0.410. The zero-order valence-electron chi connectivity index (χ0n) is 19.1. The van der Waals surface area contributed by atoms with Gasteiger partial charge in [0.15, 0.2) is 5.78 Å². The summed E-state index contributed by atoms with van der Waals surface area (Å²) in [5.41, 5.74) is -1.69. The van der Waals surface area contributed by atoms with E-state index in [2.05, 4.69) is 6.92 Å². The van der Waals surface area contributed by atoms with E-state index in [1.54, 1.807) is 13.8 Å². The highest BCUT2D eigenvalue weighted by atomic mass is 16.5. The fraction of sp³-hybridized carbons (Fsp3) is 0.958. The normalized spacial score (nSPS) is 12.5. The minimum absolute atomic E-state index is 0.144. The SMILES string of the molecule is CCCCCCCCCCCCCCCCC(=O)C(C)(C)OCC(C)(C)O. The van der Waals surface area contributed by atoms with Crippen molar-refractivity contribution >= 4 is 5.78 Å². The summed E-state index contributed by atoms with van der Waals surface area (Å²) in [5.74, 6) is 0.144. The maximum atomic E-state index is 12.3. The summed E-state index contributed by atoms with van der Waals surface area (Å²) in [4.78, 5) is 12.3. The summed E-state index contributed by atoms with van der Waals surface area (Å²) in [6.45, 7) is 9.47. The van der Waals surface area contributed by atoms with Crippen molar-refractivity contribution in [3.63, 3.8) is 0 Å². The molecule has 0 spiro atoms. The van der Waals surface area contributed by atoms with Crippen molar-refractivity contribution in [3.05, 3.63) is 0 Å².